The lowest BCUT2D eigenvalue weighted by Crippen LogP contribution is -2.46. The van der Waals surface area contributed by atoms with E-state index in [1.54, 1.807) is 0 Å². The summed E-state index contributed by atoms with van der Waals surface area (Å²) in [6.07, 6.45) is 4.93. The number of rotatable bonds is 7. The molecule has 3 rings (SSSR count). The Hall–Kier alpha value is -1.95. The van der Waals surface area contributed by atoms with Crippen LogP contribution in [-0.4, -0.2) is 55.0 Å². The van der Waals surface area contributed by atoms with Gasteiger partial charge < -0.3 is 10.2 Å². The molecule has 27 heavy (non-hydrogen) atoms. The highest BCUT2D eigenvalue weighted by Gasteiger charge is 2.16. The highest BCUT2D eigenvalue weighted by atomic mass is 79.9. The number of nitrogens with zero attached hydrogens (tertiary/aromatic N) is 2. The molecule has 0 aliphatic carbocycles. The van der Waals surface area contributed by atoms with Gasteiger partial charge in [0.2, 0.25) is 5.91 Å². The second-order valence-electron chi connectivity index (χ2n) is 6.73. The summed E-state index contributed by atoms with van der Waals surface area (Å²) in [7, 11) is 0. The predicted molar refractivity (Wildman–Crippen MR) is 116 cm³/mol. The SMILES string of the molecule is O=C(CCN1CCN(C/C=C/c2ccccc2)CC1)Nc1ccccc1Br. The Morgan fingerprint density at radius 1 is 0.963 bits per heavy atom. The maximum absolute atomic E-state index is 12.2. The van der Waals surface area contributed by atoms with Crippen molar-refractivity contribution in [2.45, 2.75) is 6.42 Å². The Kier molecular flexibility index (Phi) is 7.63. The van der Waals surface area contributed by atoms with Gasteiger partial charge in [0.15, 0.2) is 0 Å². The van der Waals surface area contributed by atoms with Gasteiger partial charge in [-0.15, -0.1) is 0 Å². The van der Waals surface area contributed by atoms with Gasteiger partial charge in [-0.05, 0) is 33.6 Å². The van der Waals surface area contributed by atoms with Crippen LogP contribution in [0.3, 0.4) is 0 Å². The normalized spacial score (nSPS) is 15.9. The average Bonchev–Trinajstić information content (AvgIpc) is 2.70. The zero-order valence-corrected chi connectivity index (χ0v) is 17.1. The summed E-state index contributed by atoms with van der Waals surface area (Å²) in [6.45, 7) is 5.91. The van der Waals surface area contributed by atoms with Crippen molar-refractivity contribution >= 4 is 33.6 Å². The third-order valence-electron chi connectivity index (χ3n) is 4.74. The van der Waals surface area contributed by atoms with Gasteiger partial charge in [-0.1, -0.05) is 54.6 Å². The molecule has 1 N–H and O–H groups in total. The first-order valence-electron chi connectivity index (χ1n) is 9.41. The van der Waals surface area contributed by atoms with Gasteiger partial charge in [0, 0.05) is 50.2 Å². The standard InChI is InChI=1S/C22H26BrN3O/c23-20-10-4-5-11-21(20)24-22(27)12-14-26-17-15-25(16-18-26)13-6-9-19-7-2-1-3-8-19/h1-11H,12-18H2,(H,24,27)/b9-6+. The Balaban J connectivity index is 1.34. The highest BCUT2D eigenvalue weighted by Crippen LogP contribution is 2.21. The van der Waals surface area contributed by atoms with Crippen LogP contribution in [0, 0.1) is 0 Å². The fourth-order valence-electron chi connectivity index (χ4n) is 3.13. The summed E-state index contributed by atoms with van der Waals surface area (Å²) >= 11 is 3.46. The number of hydrogen-bond acceptors (Lipinski definition) is 3. The molecule has 0 spiro atoms. The number of benzene rings is 2. The van der Waals surface area contributed by atoms with Gasteiger partial charge in [0.25, 0.3) is 0 Å². The molecule has 1 fully saturated rings. The average molecular weight is 428 g/mol. The Morgan fingerprint density at radius 3 is 2.37 bits per heavy atom. The van der Waals surface area contributed by atoms with E-state index in [0.29, 0.717) is 6.42 Å². The molecule has 5 heteroatoms. The van der Waals surface area contributed by atoms with Crippen LogP contribution in [0.25, 0.3) is 6.08 Å². The second kappa shape index (κ2) is 10.4. The lowest BCUT2D eigenvalue weighted by atomic mass is 10.2. The number of amides is 1. The summed E-state index contributed by atoms with van der Waals surface area (Å²) < 4.78 is 0.913. The molecule has 0 aromatic heterocycles. The summed E-state index contributed by atoms with van der Waals surface area (Å²) in [6, 6.07) is 18.1. The van der Waals surface area contributed by atoms with Crippen LogP contribution in [0.5, 0.6) is 0 Å². The van der Waals surface area contributed by atoms with Gasteiger partial charge in [0.05, 0.1) is 5.69 Å². The first kappa shape index (κ1) is 19.8. The van der Waals surface area contributed by atoms with E-state index in [0.717, 1.165) is 49.4 Å². The van der Waals surface area contributed by atoms with Crippen molar-refractivity contribution in [3.8, 4) is 0 Å². The molecule has 0 unspecified atom stereocenters. The number of halogens is 1. The summed E-state index contributed by atoms with van der Waals surface area (Å²) in [5.74, 6) is 0.0649. The maximum Gasteiger partial charge on any atom is 0.225 e. The van der Waals surface area contributed by atoms with Crippen molar-refractivity contribution in [1.29, 1.82) is 0 Å². The van der Waals surface area contributed by atoms with Crippen molar-refractivity contribution in [2.24, 2.45) is 0 Å². The van der Waals surface area contributed by atoms with E-state index in [9.17, 15) is 4.79 Å². The van der Waals surface area contributed by atoms with E-state index in [2.05, 4.69) is 67.5 Å². The molecule has 4 nitrogen and oxygen atoms in total. The summed E-state index contributed by atoms with van der Waals surface area (Å²) in [4.78, 5) is 17.0. The van der Waals surface area contributed by atoms with Gasteiger partial charge in [-0.3, -0.25) is 9.69 Å². The molecule has 1 aliphatic rings. The number of para-hydroxylation sites is 1. The van der Waals surface area contributed by atoms with Crippen molar-refractivity contribution in [3.63, 3.8) is 0 Å². The monoisotopic (exact) mass is 427 g/mol. The van der Waals surface area contributed by atoms with Crippen LogP contribution in [0.2, 0.25) is 0 Å². The second-order valence-corrected chi connectivity index (χ2v) is 7.59. The molecule has 0 atom stereocenters. The van der Waals surface area contributed by atoms with Crippen LogP contribution in [0.15, 0.2) is 65.1 Å². The molecule has 0 radical (unpaired) electrons. The zero-order chi connectivity index (χ0) is 18.9. The Bertz CT molecular complexity index is 755. The maximum atomic E-state index is 12.2. The number of piperazine rings is 1. The third-order valence-corrected chi connectivity index (χ3v) is 5.43. The number of nitrogens with one attached hydrogen (secondary N) is 1. The van der Waals surface area contributed by atoms with Gasteiger partial charge >= 0.3 is 0 Å². The fourth-order valence-corrected chi connectivity index (χ4v) is 3.52. The predicted octanol–water partition coefficient (Wildman–Crippen LogP) is 4.11. The summed E-state index contributed by atoms with van der Waals surface area (Å²) in [5.41, 5.74) is 2.07. The van der Waals surface area contributed by atoms with Crippen LogP contribution in [0.4, 0.5) is 5.69 Å². The molecule has 0 saturated carbocycles. The number of carbonyl (C=O) groups is 1. The van der Waals surface area contributed by atoms with Crippen LogP contribution in [-0.2, 0) is 4.79 Å². The molecule has 0 bridgehead atoms. The zero-order valence-electron chi connectivity index (χ0n) is 15.5. The summed E-state index contributed by atoms with van der Waals surface area (Å²) in [5, 5.41) is 2.97. The number of anilines is 1. The van der Waals surface area contributed by atoms with E-state index in [1.165, 1.54) is 5.56 Å². The first-order chi connectivity index (χ1) is 13.2. The molecular weight excluding hydrogens is 402 g/mol. The lowest BCUT2D eigenvalue weighted by molar-refractivity contribution is -0.116. The topological polar surface area (TPSA) is 35.6 Å². The highest BCUT2D eigenvalue weighted by molar-refractivity contribution is 9.10. The minimum atomic E-state index is 0.0649. The van der Waals surface area contributed by atoms with E-state index in [4.69, 9.17) is 0 Å². The van der Waals surface area contributed by atoms with Gasteiger partial charge in [-0.25, -0.2) is 0 Å². The van der Waals surface area contributed by atoms with E-state index in [-0.39, 0.29) is 5.91 Å². The molecule has 1 amide bonds. The molecule has 1 aliphatic heterocycles. The van der Waals surface area contributed by atoms with Gasteiger partial charge in [0.1, 0.15) is 0 Å². The number of carbonyl (C=O) groups excluding carboxylic acids is 1. The van der Waals surface area contributed by atoms with Crippen LogP contribution >= 0.6 is 15.9 Å². The fraction of sp³-hybridized carbons (Fsp3) is 0.318. The molecular formula is C22H26BrN3O. The molecule has 2 aromatic carbocycles. The smallest absolute Gasteiger partial charge is 0.225 e. The van der Waals surface area contributed by atoms with Crippen LogP contribution in [0.1, 0.15) is 12.0 Å². The largest absolute Gasteiger partial charge is 0.325 e. The van der Waals surface area contributed by atoms with E-state index in [1.807, 2.05) is 30.3 Å². The van der Waals surface area contributed by atoms with Crippen molar-refractivity contribution in [1.82, 2.24) is 9.80 Å². The van der Waals surface area contributed by atoms with E-state index < -0.39 is 0 Å². The minimum Gasteiger partial charge on any atom is -0.325 e. The molecule has 1 saturated heterocycles. The first-order valence-corrected chi connectivity index (χ1v) is 10.2. The van der Waals surface area contributed by atoms with E-state index >= 15 is 0 Å². The Labute approximate surface area is 170 Å². The third kappa shape index (κ3) is 6.61. The van der Waals surface area contributed by atoms with Crippen molar-refractivity contribution < 1.29 is 4.79 Å². The molecule has 2 aromatic rings. The van der Waals surface area contributed by atoms with Crippen molar-refractivity contribution in [3.05, 3.63) is 70.7 Å². The van der Waals surface area contributed by atoms with Gasteiger partial charge in [-0.2, -0.15) is 0 Å². The molecule has 142 valence electrons. The quantitative estimate of drug-likeness (QED) is 0.721. The molecule has 1 heterocycles. The minimum absolute atomic E-state index is 0.0649. The van der Waals surface area contributed by atoms with Crippen molar-refractivity contribution in [2.75, 3.05) is 44.6 Å². The lowest BCUT2D eigenvalue weighted by Gasteiger charge is -2.34. The number of hydrogen-bond donors (Lipinski definition) is 1. The van der Waals surface area contributed by atoms with Crippen LogP contribution < -0.4 is 5.32 Å². The Morgan fingerprint density at radius 2 is 1.63 bits per heavy atom.